The highest BCUT2D eigenvalue weighted by atomic mass is 16.3. The van der Waals surface area contributed by atoms with Gasteiger partial charge >= 0.3 is 0 Å². The largest absolute Gasteiger partial charge is 0.469 e. The van der Waals surface area contributed by atoms with Crippen LogP contribution in [0.3, 0.4) is 0 Å². The number of aryl methyl sites for hydroxylation is 1. The highest BCUT2D eigenvalue weighted by Gasteiger charge is 2.23. The van der Waals surface area contributed by atoms with E-state index in [-0.39, 0.29) is 18.4 Å². The normalized spacial score (nSPS) is 16.5. The molecule has 2 heterocycles. The van der Waals surface area contributed by atoms with Crippen molar-refractivity contribution in [2.75, 3.05) is 19.6 Å². The molecule has 0 radical (unpaired) electrons. The second kappa shape index (κ2) is 5.03. The fourth-order valence-corrected chi connectivity index (χ4v) is 1.95. The lowest BCUT2D eigenvalue weighted by molar-refractivity contribution is -0.121. The van der Waals surface area contributed by atoms with Crippen molar-refractivity contribution >= 4 is 11.8 Å². The molecule has 1 aromatic rings. The summed E-state index contributed by atoms with van der Waals surface area (Å²) in [6.07, 6.45) is 2.98. The third-order valence-electron chi connectivity index (χ3n) is 2.85. The molecule has 1 fully saturated rings. The number of rotatable bonds is 2. The van der Waals surface area contributed by atoms with E-state index in [9.17, 15) is 9.59 Å². The summed E-state index contributed by atoms with van der Waals surface area (Å²) in [7, 11) is 0. The Hall–Kier alpha value is -1.78. The molecule has 2 rings (SSSR count). The van der Waals surface area contributed by atoms with Crippen LogP contribution in [-0.2, 0) is 11.2 Å². The lowest BCUT2D eigenvalue weighted by Gasteiger charge is -2.18. The van der Waals surface area contributed by atoms with Crippen molar-refractivity contribution in [3.63, 3.8) is 0 Å². The smallest absolute Gasteiger partial charge is 0.257 e. The Kier molecular flexibility index (Phi) is 3.46. The number of furan rings is 1. The van der Waals surface area contributed by atoms with Crippen molar-refractivity contribution in [1.82, 2.24) is 10.2 Å². The molecule has 1 N–H and O–H groups in total. The van der Waals surface area contributed by atoms with E-state index in [1.165, 1.54) is 6.26 Å². The number of amides is 2. The van der Waals surface area contributed by atoms with E-state index >= 15 is 0 Å². The summed E-state index contributed by atoms with van der Waals surface area (Å²) in [6.45, 7) is 3.30. The predicted octanol–water partition coefficient (Wildman–Crippen LogP) is 0.804. The van der Waals surface area contributed by atoms with Gasteiger partial charge in [-0.2, -0.15) is 0 Å². The summed E-state index contributed by atoms with van der Waals surface area (Å²) in [5, 5.41) is 2.75. The van der Waals surface area contributed by atoms with Crippen LogP contribution in [0.15, 0.2) is 16.7 Å². The van der Waals surface area contributed by atoms with E-state index in [0.29, 0.717) is 30.8 Å². The maximum absolute atomic E-state index is 12.2. The van der Waals surface area contributed by atoms with Gasteiger partial charge in [-0.15, -0.1) is 0 Å². The topological polar surface area (TPSA) is 62.6 Å². The molecular weight excluding hydrogens is 220 g/mol. The average Bonchev–Trinajstić information content (AvgIpc) is 2.70. The standard InChI is InChI=1S/C12H16N2O3/c1-2-10-9(4-7-17-10)12(16)14-6-3-5-13-11(15)8-14/h4,7H,2-3,5-6,8H2,1H3,(H,13,15). The van der Waals surface area contributed by atoms with Crippen molar-refractivity contribution in [3.8, 4) is 0 Å². The summed E-state index contributed by atoms with van der Waals surface area (Å²) in [6, 6.07) is 1.67. The molecule has 1 aromatic heterocycles. The molecule has 0 bridgehead atoms. The van der Waals surface area contributed by atoms with Crippen molar-refractivity contribution in [1.29, 1.82) is 0 Å². The van der Waals surface area contributed by atoms with Crippen LogP contribution >= 0.6 is 0 Å². The fraction of sp³-hybridized carbons (Fsp3) is 0.500. The summed E-state index contributed by atoms with van der Waals surface area (Å²) in [4.78, 5) is 25.2. The van der Waals surface area contributed by atoms with Gasteiger partial charge in [0.1, 0.15) is 5.76 Å². The third kappa shape index (κ3) is 2.49. The number of nitrogens with zero attached hydrogens (tertiary/aromatic N) is 1. The van der Waals surface area contributed by atoms with Gasteiger partial charge in [0.2, 0.25) is 5.91 Å². The van der Waals surface area contributed by atoms with Crippen LogP contribution < -0.4 is 5.32 Å². The molecule has 1 aliphatic rings. The average molecular weight is 236 g/mol. The molecule has 1 saturated heterocycles. The van der Waals surface area contributed by atoms with Crippen LogP contribution in [0, 0.1) is 0 Å². The Morgan fingerprint density at radius 2 is 2.41 bits per heavy atom. The number of hydrogen-bond acceptors (Lipinski definition) is 3. The van der Waals surface area contributed by atoms with E-state index in [1.54, 1.807) is 11.0 Å². The lowest BCUT2D eigenvalue weighted by Crippen LogP contribution is -2.37. The second-order valence-electron chi connectivity index (χ2n) is 4.04. The molecule has 5 nitrogen and oxygen atoms in total. The molecule has 5 heteroatoms. The monoisotopic (exact) mass is 236 g/mol. The number of carbonyl (C=O) groups excluding carboxylic acids is 2. The Balaban J connectivity index is 2.16. The first kappa shape index (κ1) is 11.7. The summed E-state index contributed by atoms with van der Waals surface area (Å²) in [5.41, 5.74) is 0.571. The third-order valence-corrected chi connectivity index (χ3v) is 2.85. The Labute approximate surface area is 99.8 Å². The Morgan fingerprint density at radius 3 is 3.18 bits per heavy atom. The quantitative estimate of drug-likeness (QED) is 0.826. The van der Waals surface area contributed by atoms with E-state index in [4.69, 9.17) is 4.42 Å². The maximum Gasteiger partial charge on any atom is 0.257 e. The first-order valence-corrected chi connectivity index (χ1v) is 5.84. The van der Waals surface area contributed by atoms with Crippen molar-refractivity contribution in [3.05, 3.63) is 23.7 Å². The minimum Gasteiger partial charge on any atom is -0.469 e. The van der Waals surface area contributed by atoms with Crippen molar-refractivity contribution in [2.45, 2.75) is 19.8 Å². The molecule has 0 saturated carbocycles. The highest BCUT2D eigenvalue weighted by molar-refractivity contribution is 5.97. The van der Waals surface area contributed by atoms with Crippen LogP contribution in [0.2, 0.25) is 0 Å². The first-order valence-electron chi connectivity index (χ1n) is 5.84. The zero-order chi connectivity index (χ0) is 12.3. The number of carbonyl (C=O) groups is 2. The molecule has 0 atom stereocenters. The van der Waals surface area contributed by atoms with Crippen LogP contribution in [0.5, 0.6) is 0 Å². The van der Waals surface area contributed by atoms with Crippen molar-refractivity contribution in [2.24, 2.45) is 0 Å². The van der Waals surface area contributed by atoms with Gasteiger partial charge < -0.3 is 14.6 Å². The van der Waals surface area contributed by atoms with E-state index in [0.717, 1.165) is 6.42 Å². The van der Waals surface area contributed by atoms with Gasteiger partial charge in [-0.05, 0) is 12.5 Å². The molecule has 0 aromatic carbocycles. The molecule has 1 aliphatic heterocycles. The second-order valence-corrected chi connectivity index (χ2v) is 4.04. The molecule has 17 heavy (non-hydrogen) atoms. The van der Waals surface area contributed by atoms with Crippen molar-refractivity contribution < 1.29 is 14.0 Å². The minimum atomic E-state index is -0.118. The number of hydrogen-bond donors (Lipinski definition) is 1. The van der Waals surface area contributed by atoms with Gasteiger partial charge in [-0.3, -0.25) is 9.59 Å². The number of nitrogens with one attached hydrogen (secondary N) is 1. The molecule has 0 aliphatic carbocycles. The summed E-state index contributed by atoms with van der Waals surface area (Å²) in [5.74, 6) is 0.463. The molecule has 92 valence electrons. The zero-order valence-electron chi connectivity index (χ0n) is 9.86. The van der Waals surface area contributed by atoms with E-state index in [1.807, 2.05) is 6.92 Å². The molecule has 0 unspecified atom stereocenters. The van der Waals surface area contributed by atoms with Gasteiger partial charge in [0.15, 0.2) is 0 Å². The Bertz CT molecular complexity index is 425. The van der Waals surface area contributed by atoms with Gasteiger partial charge in [0, 0.05) is 19.5 Å². The lowest BCUT2D eigenvalue weighted by atomic mass is 10.2. The minimum absolute atomic E-state index is 0.0996. The molecule has 0 spiro atoms. The molecular formula is C12H16N2O3. The summed E-state index contributed by atoms with van der Waals surface area (Å²) >= 11 is 0. The SMILES string of the molecule is CCc1occc1C(=O)N1CCCNC(=O)C1. The van der Waals surface area contributed by atoms with Crippen LogP contribution in [-0.4, -0.2) is 36.3 Å². The van der Waals surface area contributed by atoms with Crippen LogP contribution in [0.25, 0.3) is 0 Å². The highest BCUT2D eigenvalue weighted by Crippen LogP contribution is 2.14. The van der Waals surface area contributed by atoms with Gasteiger partial charge in [0.25, 0.3) is 5.91 Å². The van der Waals surface area contributed by atoms with Crippen LogP contribution in [0.4, 0.5) is 0 Å². The van der Waals surface area contributed by atoms with Gasteiger partial charge in [0.05, 0.1) is 18.4 Å². The van der Waals surface area contributed by atoms with Gasteiger partial charge in [-0.1, -0.05) is 6.92 Å². The fourth-order valence-electron chi connectivity index (χ4n) is 1.95. The first-order chi connectivity index (χ1) is 8.22. The van der Waals surface area contributed by atoms with E-state index in [2.05, 4.69) is 5.32 Å². The van der Waals surface area contributed by atoms with E-state index < -0.39 is 0 Å². The maximum atomic E-state index is 12.2. The van der Waals surface area contributed by atoms with Crippen LogP contribution in [0.1, 0.15) is 29.5 Å². The molecule has 2 amide bonds. The predicted molar refractivity (Wildman–Crippen MR) is 61.6 cm³/mol. The zero-order valence-corrected chi connectivity index (χ0v) is 9.86. The van der Waals surface area contributed by atoms with Gasteiger partial charge in [-0.25, -0.2) is 0 Å². The summed E-state index contributed by atoms with van der Waals surface area (Å²) < 4.78 is 5.24. The Morgan fingerprint density at radius 1 is 1.59 bits per heavy atom.